The van der Waals surface area contributed by atoms with Gasteiger partial charge in [-0.3, -0.25) is 4.79 Å². The van der Waals surface area contributed by atoms with E-state index in [1.807, 2.05) is 24.1 Å². The number of fused-ring (bicyclic) bond motifs is 1. The van der Waals surface area contributed by atoms with Gasteiger partial charge in [-0.25, -0.2) is 4.98 Å². The molecular formula is C13H18N4O2S. The molecule has 0 spiro atoms. The number of benzene rings is 1. The van der Waals surface area contributed by atoms with Crippen molar-refractivity contribution in [1.82, 2.24) is 10.3 Å². The molecule has 0 saturated carbocycles. The van der Waals surface area contributed by atoms with Crippen LogP contribution < -0.4 is 16.0 Å². The van der Waals surface area contributed by atoms with Gasteiger partial charge in [0.15, 0.2) is 0 Å². The van der Waals surface area contributed by atoms with Crippen LogP contribution in [0.2, 0.25) is 0 Å². The van der Waals surface area contributed by atoms with E-state index in [9.17, 15) is 4.79 Å². The van der Waals surface area contributed by atoms with Crippen molar-refractivity contribution < 1.29 is 9.53 Å². The zero-order chi connectivity index (χ0) is 14.5. The number of likely N-dealkylation sites (N-methyl/N-ethyl adjacent to an activating group) is 1. The SMILES string of the molecule is COCCNC(=O)CN(C)c1ccc2scnc2c1N. The van der Waals surface area contributed by atoms with Crippen LogP contribution in [0.3, 0.4) is 0 Å². The second-order valence-corrected chi connectivity index (χ2v) is 5.28. The number of hydrogen-bond donors (Lipinski definition) is 2. The Morgan fingerprint density at radius 1 is 1.55 bits per heavy atom. The standard InChI is InChI=1S/C13H18N4O2S/c1-17(7-11(18)15-5-6-19-2)9-3-4-10-13(12(9)14)16-8-20-10/h3-4,8H,5-7,14H2,1-2H3,(H,15,18). The molecular weight excluding hydrogens is 276 g/mol. The monoisotopic (exact) mass is 294 g/mol. The van der Waals surface area contributed by atoms with Crippen molar-refractivity contribution in [2.45, 2.75) is 0 Å². The molecule has 0 unspecified atom stereocenters. The lowest BCUT2D eigenvalue weighted by Gasteiger charge is -2.20. The highest BCUT2D eigenvalue weighted by Crippen LogP contribution is 2.31. The number of nitrogen functional groups attached to an aromatic ring is 1. The van der Waals surface area contributed by atoms with Crippen molar-refractivity contribution in [3.05, 3.63) is 17.6 Å². The third kappa shape index (κ3) is 3.17. The van der Waals surface area contributed by atoms with E-state index in [1.165, 1.54) is 0 Å². The van der Waals surface area contributed by atoms with Crippen molar-refractivity contribution in [3.8, 4) is 0 Å². The Morgan fingerprint density at radius 2 is 2.35 bits per heavy atom. The van der Waals surface area contributed by atoms with Gasteiger partial charge in [0.1, 0.15) is 5.52 Å². The van der Waals surface area contributed by atoms with Gasteiger partial charge in [0.05, 0.1) is 34.7 Å². The molecule has 3 N–H and O–H groups in total. The number of carbonyl (C=O) groups excluding carboxylic acids is 1. The number of ether oxygens (including phenoxy) is 1. The van der Waals surface area contributed by atoms with E-state index in [0.717, 1.165) is 15.9 Å². The number of carbonyl (C=O) groups is 1. The first kappa shape index (κ1) is 14.5. The van der Waals surface area contributed by atoms with Gasteiger partial charge >= 0.3 is 0 Å². The number of hydrogen-bond acceptors (Lipinski definition) is 6. The van der Waals surface area contributed by atoms with Crippen LogP contribution in [0, 0.1) is 0 Å². The molecule has 108 valence electrons. The lowest BCUT2D eigenvalue weighted by molar-refractivity contribution is -0.119. The van der Waals surface area contributed by atoms with E-state index < -0.39 is 0 Å². The first-order valence-corrected chi connectivity index (χ1v) is 7.10. The van der Waals surface area contributed by atoms with E-state index in [-0.39, 0.29) is 12.5 Å². The molecule has 6 nitrogen and oxygen atoms in total. The molecule has 0 radical (unpaired) electrons. The Balaban J connectivity index is 2.05. The lowest BCUT2D eigenvalue weighted by atomic mass is 10.2. The minimum atomic E-state index is -0.0673. The van der Waals surface area contributed by atoms with E-state index in [2.05, 4.69) is 10.3 Å². The summed E-state index contributed by atoms with van der Waals surface area (Å²) in [4.78, 5) is 17.8. The molecule has 0 atom stereocenters. The molecule has 1 heterocycles. The van der Waals surface area contributed by atoms with Crippen LogP contribution in [0.25, 0.3) is 10.2 Å². The fraction of sp³-hybridized carbons (Fsp3) is 0.385. The Bertz CT molecular complexity index is 599. The van der Waals surface area contributed by atoms with E-state index in [0.29, 0.717) is 18.8 Å². The van der Waals surface area contributed by atoms with E-state index in [1.54, 1.807) is 24.0 Å². The van der Waals surface area contributed by atoms with Gasteiger partial charge in [-0.2, -0.15) is 0 Å². The molecule has 0 aliphatic heterocycles. The number of nitrogens with one attached hydrogen (secondary N) is 1. The van der Waals surface area contributed by atoms with Crippen LogP contribution in [-0.2, 0) is 9.53 Å². The molecule has 0 fully saturated rings. The number of nitrogens with two attached hydrogens (primary N) is 1. The van der Waals surface area contributed by atoms with Crippen molar-refractivity contribution in [1.29, 1.82) is 0 Å². The number of amides is 1. The lowest BCUT2D eigenvalue weighted by Crippen LogP contribution is -2.36. The summed E-state index contributed by atoms with van der Waals surface area (Å²) in [6.45, 7) is 1.25. The molecule has 0 saturated heterocycles. The molecule has 0 aliphatic carbocycles. The predicted molar refractivity (Wildman–Crippen MR) is 82.2 cm³/mol. The number of nitrogens with zero attached hydrogens (tertiary/aromatic N) is 2. The summed E-state index contributed by atoms with van der Waals surface area (Å²) in [5, 5.41) is 2.78. The van der Waals surface area contributed by atoms with Gasteiger partial charge in [-0.1, -0.05) is 0 Å². The summed E-state index contributed by atoms with van der Waals surface area (Å²) in [5.41, 5.74) is 10.1. The zero-order valence-electron chi connectivity index (χ0n) is 11.5. The van der Waals surface area contributed by atoms with Gasteiger partial charge in [-0.15, -0.1) is 11.3 Å². The largest absolute Gasteiger partial charge is 0.395 e. The van der Waals surface area contributed by atoms with Crippen LogP contribution in [0.1, 0.15) is 0 Å². The topological polar surface area (TPSA) is 80.5 Å². The van der Waals surface area contributed by atoms with Gasteiger partial charge in [-0.05, 0) is 12.1 Å². The highest BCUT2D eigenvalue weighted by molar-refractivity contribution is 7.16. The highest BCUT2D eigenvalue weighted by atomic mass is 32.1. The number of methoxy groups -OCH3 is 1. The first-order chi connectivity index (χ1) is 9.63. The van der Waals surface area contributed by atoms with E-state index in [4.69, 9.17) is 10.5 Å². The fourth-order valence-corrected chi connectivity index (χ4v) is 2.62. The minimum Gasteiger partial charge on any atom is -0.395 e. The average Bonchev–Trinajstić information content (AvgIpc) is 2.88. The van der Waals surface area contributed by atoms with Gasteiger partial charge in [0.25, 0.3) is 0 Å². The van der Waals surface area contributed by atoms with Crippen molar-refractivity contribution in [2.24, 2.45) is 0 Å². The summed E-state index contributed by atoms with van der Waals surface area (Å²) in [6, 6.07) is 3.89. The molecule has 1 aromatic carbocycles. The molecule has 1 aromatic heterocycles. The Labute approximate surface area is 121 Å². The van der Waals surface area contributed by atoms with E-state index >= 15 is 0 Å². The van der Waals surface area contributed by atoms with Gasteiger partial charge < -0.3 is 20.7 Å². The Morgan fingerprint density at radius 3 is 3.10 bits per heavy atom. The molecule has 0 aliphatic rings. The molecule has 2 rings (SSSR count). The number of aromatic nitrogens is 1. The van der Waals surface area contributed by atoms with Crippen molar-refractivity contribution >= 4 is 38.8 Å². The third-order valence-corrected chi connectivity index (χ3v) is 3.73. The van der Waals surface area contributed by atoms with Crippen molar-refractivity contribution in [3.63, 3.8) is 0 Å². The summed E-state index contributed by atoms with van der Waals surface area (Å²) < 4.78 is 5.93. The number of anilines is 2. The maximum atomic E-state index is 11.8. The quantitative estimate of drug-likeness (QED) is 0.615. The van der Waals surface area contributed by atoms with Crippen LogP contribution in [-0.4, -0.2) is 44.7 Å². The molecule has 1 amide bonds. The summed E-state index contributed by atoms with van der Waals surface area (Å²) in [7, 11) is 3.43. The first-order valence-electron chi connectivity index (χ1n) is 6.22. The summed E-state index contributed by atoms with van der Waals surface area (Å²) in [6.07, 6.45) is 0. The second kappa shape index (κ2) is 6.53. The Hall–Kier alpha value is -1.86. The molecule has 2 aromatic rings. The normalized spacial score (nSPS) is 10.7. The third-order valence-electron chi connectivity index (χ3n) is 2.94. The van der Waals surface area contributed by atoms with Gasteiger partial charge in [0.2, 0.25) is 5.91 Å². The Kier molecular flexibility index (Phi) is 4.75. The van der Waals surface area contributed by atoms with Crippen LogP contribution in [0.4, 0.5) is 11.4 Å². The number of thiazole rings is 1. The molecule has 20 heavy (non-hydrogen) atoms. The summed E-state index contributed by atoms with van der Waals surface area (Å²) in [5.74, 6) is -0.0673. The van der Waals surface area contributed by atoms with Gasteiger partial charge in [0, 0.05) is 20.7 Å². The fourth-order valence-electron chi connectivity index (χ4n) is 1.92. The zero-order valence-corrected chi connectivity index (χ0v) is 12.4. The predicted octanol–water partition coefficient (Wildman–Crippen LogP) is 1.08. The minimum absolute atomic E-state index is 0.0673. The van der Waals surface area contributed by atoms with Crippen molar-refractivity contribution in [2.75, 3.05) is 44.5 Å². The van der Waals surface area contributed by atoms with Crippen LogP contribution in [0.15, 0.2) is 17.6 Å². The number of rotatable bonds is 6. The van der Waals surface area contributed by atoms with Crippen LogP contribution in [0.5, 0.6) is 0 Å². The molecule has 0 bridgehead atoms. The maximum Gasteiger partial charge on any atom is 0.239 e. The van der Waals surface area contributed by atoms with Crippen LogP contribution >= 0.6 is 11.3 Å². The second-order valence-electron chi connectivity index (χ2n) is 4.40. The molecule has 7 heteroatoms. The highest BCUT2D eigenvalue weighted by Gasteiger charge is 2.13. The smallest absolute Gasteiger partial charge is 0.239 e. The average molecular weight is 294 g/mol. The summed E-state index contributed by atoms with van der Waals surface area (Å²) >= 11 is 1.55. The maximum absolute atomic E-state index is 11.8.